The lowest BCUT2D eigenvalue weighted by Crippen LogP contribution is -2.34. The van der Waals surface area contributed by atoms with Gasteiger partial charge in [-0.05, 0) is 55.6 Å². The molecule has 0 saturated carbocycles. The Balaban J connectivity index is 1.59. The van der Waals surface area contributed by atoms with Crippen LogP contribution in [-0.4, -0.2) is 71.3 Å². The smallest absolute Gasteiger partial charge is 0.312 e. The number of amides is 1. The van der Waals surface area contributed by atoms with Crippen LogP contribution in [0.4, 0.5) is 4.39 Å². The van der Waals surface area contributed by atoms with Crippen molar-refractivity contribution in [3.63, 3.8) is 0 Å². The molecule has 2 rings (SSSR count). The van der Waals surface area contributed by atoms with E-state index in [0.29, 0.717) is 32.2 Å². The maximum Gasteiger partial charge on any atom is 0.312 e. The number of hydrogen-bond donors (Lipinski definition) is 1. The van der Waals surface area contributed by atoms with E-state index >= 15 is 0 Å². The van der Waals surface area contributed by atoms with Crippen molar-refractivity contribution in [2.45, 2.75) is 90.7 Å². The summed E-state index contributed by atoms with van der Waals surface area (Å²) in [6, 6.07) is 6.02. The molecule has 0 aromatic heterocycles. The lowest BCUT2D eigenvalue weighted by molar-refractivity contribution is -0.161. The van der Waals surface area contributed by atoms with Crippen LogP contribution in [0.15, 0.2) is 36.4 Å². The molecule has 2 atom stereocenters. The van der Waals surface area contributed by atoms with Crippen molar-refractivity contribution < 1.29 is 33.4 Å². The van der Waals surface area contributed by atoms with Crippen LogP contribution >= 0.6 is 11.8 Å². The summed E-state index contributed by atoms with van der Waals surface area (Å²) in [5.41, 5.74) is 0.400. The lowest BCUT2D eigenvalue weighted by atomic mass is 9.78. The molecule has 1 saturated heterocycles. The van der Waals surface area contributed by atoms with Crippen LogP contribution in [0, 0.1) is 11.2 Å². The number of carbonyl (C=O) groups excluding carboxylic acids is 3. The van der Waals surface area contributed by atoms with E-state index in [1.54, 1.807) is 30.0 Å². The summed E-state index contributed by atoms with van der Waals surface area (Å²) < 4.78 is 23.7. The molecule has 224 valence electrons. The van der Waals surface area contributed by atoms with Crippen molar-refractivity contribution >= 4 is 29.6 Å². The van der Waals surface area contributed by atoms with Gasteiger partial charge in [0.2, 0.25) is 5.91 Å². The minimum Gasteiger partial charge on any atom is -0.462 e. The Hall–Kier alpha value is -2.39. The number of aliphatic hydroxyl groups is 1. The minimum absolute atomic E-state index is 0.0400. The number of ether oxygens (including phenoxy) is 2. The highest BCUT2D eigenvalue weighted by Gasteiger charge is 2.35. The normalized spacial score (nSPS) is 16.5. The van der Waals surface area contributed by atoms with Gasteiger partial charge in [0.25, 0.3) is 0 Å². The van der Waals surface area contributed by atoms with Crippen molar-refractivity contribution in [1.82, 2.24) is 4.90 Å². The predicted molar refractivity (Wildman–Crippen MR) is 156 cm³/mol. The summed E-state index contributed by atoms with van der Waals surface area (Å²) in [5.74, 6) is 0.823. The molecule has 1 amide bonds. The van der Waals surface area contributed by atoms with E-state index in [1.807, 2.05) is 24.8 Å². The maximum atomic E-state index is 13.1. The Morgan fingerprint density at radius 2 is 1.85 bits per heavy atom. The SMILES string of the molecule is CCCC(CC)(CC)C(=O)OCCOC(=O)CCCSCCN1C(=O)CC[C@@H]1C=C[C@@H](O)Cc1ccc(F)cc1. The number of aliphatic hydroxyl groups excluding tert-OH is 1. The maximum absolute atomic E-state index is 13.1. The molecule has 1 aliphatic heterocycles. The molecular formula is C31H46FNO6S. The highest BCUT2D eigenvalue weighted by atomic mass is 32.2. The molecule has 0 bridgehead atoms. The van der Waals surface area contributed by atoms with Gasteiger partial charge in [0.05, 0.1) is 17.6 Å². The number of likely N-dealkylation sites (tertiary alicyclic amines) is 1. The zero-order valence-electron chi connectivity index (χ0n) is 24.2. The van der Waals surface area contributed by atoms with Crippen molar-refractivity contribution in [1.29, 1.82) is 0 Å². The quantitative estimate of drug-likeness (QED) is 0.132. The second-order valence-corrected chi connectivity index (χ2v) is 11.5. The Morgan fingerprint density at radius 3 is 2.52 bits per heavy atom. The van der Waals surface area contributed by atoms with Crippen LogP contribution in [0.25, 0.3) is 0 Å². The van der Waals surface area contributed by atoms with E-state index in [-0.39, 0.29) is 42.9 Å². The summed E-state index contributed by atoms with van der Waals surface area (Å²) in [6.07, 6.45) is 8.65. The van der Waals surface area contributed by atoms with Crippen LogP contribution in [0.3, 0.4) is 0 Å². The summed E-state index contributed by atoms with van der Waals surface area (Å²) in [7, 11) is 0. The largest absolute Gasteiger partial charge is 0.462 e. The summed E-state index contributed by atoms with van der Waals surface area (Å²) >= 11 is 1.68. The van der Waals surface area contributed by atoms with Gasteiger partial charge in [0.1, 0.15) is 19.0 Å². The van der Waals surface area contributed by atoms with Crippen LogP contribution in [0.2, 0.25) is 0 Å². The summed E-state index contributed by atoms with van der Waals surface area (Å²) in [6.45, 7) is 6.81. The third-order valence-electron chi connectivity index (χ3n) is 7.53. The number of rotatable bonds is 19. The molecule has 0 radical (unpaired) electrons. The fourth-order valence-corrected chi connectivity index (χ4v) is 5.88. The van der Waals surface area contributed by atoms with Crippen molar-refractivity contribution in [2.24, 2.45) is 5.41 Å². The third kappa shape index (κ3) is 11.2. The Kier molecular flexibility index (Phi) is 15.3. The number of benzene rings is 1. The van der Waals surface area contributed by atoms with Gasteiger partial charge in [0.15, 0.2) is 0 Å². The average Bonchev–Trinajstić information content (AvgIpc) is 3.30. The van der Waals surface area contributed by atoms with E-state index in [1.165, 1.54) is 12.1 Å². The molecule has 0 spiro atoms. The van der Waals surface area contributed by atoms with Crippen LogP contribution in [-0.2, 0) is 30.3 Å². The number of carbonyl (C=O) groups is 3. The Bertz CT molecular complexity index is 950. The molecule has 40 heavy (non-hydrogen) atoms. The first-order chi connectivity index (χ1) is 19.2. The Morgan fingerprint density at radius 1 is 1.15 bits per heavy atom. The molecule has 0 aliphatic carbocycles. The molecule has 9 heteroatoms. The van der Waals surface area contributed by atoms with E-state index in [4.69, 9.17) is 9.47 Å². The zero-order chi connectivity index (χ0) is 29.4. The first-order valence-corrected chi connectivity index (χ1v) is 15.7. The molecule has 0 unspecified atom stereocenters. The molecular weight excluding hydrogens is 533 g/mol. The molecule has 1 heterocycles. The topological polar surface area (TPSA) is 93.1 Å². The second kappa shape index (κ2) is 18.1. The second-order valence-electron chi connectivity index (χ2n) is 10.3. The monoisotopic (exact) mass is 579 g/mol. The van der Waals surface area contributed by atoms with Crippen molar-refractivity contribution in [3.8, 4) is 0 Å². The summed E-state index contributed by atoms with van der Waals surface area (Å²) in [5, 5.41) is 10.3. The molecule has 1 N–H and O–H groups in total. The standard InChI is InChI=1S/C31H46FNO6S/c1-4-17-31(5-2,6-3)30(37)39-20-19-38-29(36)8-7-21-40-22-18-33-26(14-16-28(33)35)13-15-27(34)23-24-9-11-25(32)12-10-24/h9-13,15,26-27,34H,4-8,14,16-23H2,1-3H3/t26-,27+/m0/s1. The van der Waals surface area contributed by atoms with Gasteiger partial charge in [-0.2, -0.15) is 11.8 Å². The van der Waals surface area contributed by atoms with Gasteiger partial charge >= 0.3 is 11.9 Å². The van der Waals surface area contributed by atoms with E-state index < -0.39 is 11.5 Å². The first kappa shape index (κ1) is 33.8. The van der Waals surface area contributed by atoms with Crippen LogP contribution < -0.4 is 0 Å². The van der Waals surface area contributed by atoms with Gasteiger partial charge in [-0.25, -0.2) is 4.39 Å². The fraction of sp³-hybridized carbons (Fsp3) is 0.645. The highest BCUT2D eigenvalue weighted by Crippen LogP contribution is 2.33. The number of thioether (sulfide) groups is 1. The van der Waals surface area contributed by atoms with Crippen molar-refractivity contribution in [2.75, 3.05) is 31.3 Å². The van der Waals surface area contributed by atoms with Gasteiger partial charge in [-0.1, -0.05) is 51.5 Å². The number of nitrogens with zero attached hydrogens (tertiary/aromatic N) is 1. The molecule has 1 aromatic rings. The van der Waals surface area contributed by atoms with Gasteiger partial charge in [0, 0.05) is 31.6 Å². The average molecular weight is 580 g/mol. The van der Waals surface area contributed by atoms with E-state index in [0.717, 1.165) is 49.2 Å². The van der Waals surface area contributed by atoms with Gasteiger partial charge in [-0.3, -0.25) is 14.4 Å². The van der Waals surface area contributed by atoms with Crippen LogP contribution in [0.5, 0.6) is 0 Å². The van der Waals surface area contributed by atoms with E-state index in [2.05, 4.69) is 6.92 Å². The molecule has 1 aromatic carbocycles. The number of halogens is 1. The molecule has 1 aliphatic rings. The molecule has 1 fully saturated rings. The van der Waals surface area contributed by atoms with Gasteiger partial charge in [-0.15, -0.1) is 0 Å². The Labute approximate surface area is 242 Å². The number of esters is 2. The number of hydrogen-bond acceptors (Lipinski definition) is 7. The van der Waals surface area contributed by atoms with Crippen LogP contribution in [0.1, 0.15) is 77.7 Å². The lowest BCUT2D eigenvalue weighted by Gasteiger charge is -2.28. The molecule has 7 nitrogen and oxygen atoms in total. The highest BCUT2D eigenvalue weighted by molar-refractivity contribution is 7.99. The summed E-state index contributed by atoms with van der Waals surface area (Å²) in [4.78, 5) is 38.7. The first-order valence-electron chi connectivity index (χ1n) is 14.6. The predicted octanol–water partition coefficient (Wildman–Crippen LogP) is 5.48. The third-order valence-corrected chi connectivity index (χ3v) is 8.58. The fourth-order valence-electron chi connectivity index (χ4n) is 5.00. The van der Waals surface area contributed by atoms with Gasteiger partial charge < -0.3 is 19.5 Å². The van der Waals surface area contributed by atoms with E-state index in [9.17, 15) is 23.9 Å². The zero-order valence-corrected chi connectivity index (χ0v) is 25.1. The minimum atomic E-state index is -0.702. The van der Waals surface area contributed by atoms with Crippen molar-refractivity contribution in [3.05, 3.63) is 47.8 Å².